The summed E-state index contributed by atoms with van der Waals surface area (Å²) in [4.78, 5) is 15.5. The van der Waals surface area contributed by atoms with Crippen LogP contribution in [0.5, 0.6) is 5.75 Å². The topological polar surface area (TPSA) is 74.1 Å². The molecule has 1 aliphatic rings. The van der Waals surface area contributed by atoms with E-state index in [-0.39, 0.29) is 23.3 Å². The predicted molar refractivity (Wildman–Crippen MR) is 106 cm³/mol. The molecule has 0 spiro atoms. The Balaban J connectivity index is 1.89. The van der Waals surface area contributed by atoms with Crippen molar-refractivity contribution < 1.29 is 5.11 Å². The first-order valence-electron chi connectivity index (χ1n) is 8.78. The highest BCUT2D eigenvalue weighted by molar-refractivity contribution is 5.99. The number of aliphatic imine (C=N–C) groups is 1. The third kappa shape index (κ3) is 3.52. The van der Waals surface area contributed by atoms with Crippen LogP contribution in [0.1, 0.15) is 36.0 Å². The molecule has 0 saturated carbocycles. The predicted octanol–water partition coefficient (Wildman–Crippen LogP) is 5.55. The lowest BCUT2D eigenvalue weighted by Gasteiger charge is -2.29. The Labute approximate surface area is 153 Å². The average Bonchev–Trinajstić information content (AvgIpc) is 2.65. The maximum absolute atomic E-state index is 10.9. The number of phenols is 1. The molecule has 1 aliphatic heterocycles. The van der Waals surface area contributed by atoms with Gasteiger partial charge in [-0.1, -0.05) is 25.1 Å². The minimum Gasteiger partial charge on any atom is -0.506 e. The molecule has 0 radical (unpaired) electrons. The number of benzene rings is 2. The summed E-state index contributed by atoms with van der Waals surface area (Å²) in [5.41, 5.74) is 4.50. The molecule has 2 N–H and O–H groups in total. The van der Waals surface area contributed by atoms with Crippen LogP contribution in [-0.2, 0) is 0 Å². The molecule has 2 aromatic rings. The Bertz CT molecular complexity index is 887. The fourth-order valence-electron chi connectivity index (χ4n) is 3.32. The monoisotopic (exact) mass is 349 g/mol. The number of allylic oxidation sites excluding steroid dienone is 1. The lowest BCUT2D eigenvalue weighted by molar-refractivity contribution is 0.476. The molecule has 0 amide bonds. The second-order valence-electron chi connectivity index (χ2n) is 6.66. The standard InChI is InChI=1S/C21H23N3O2/c1-4-17-18(15-6-8-20(25)19(12-15)24-26)9-10-22-21(17)23-16-7-5-13(2)14(3)11-16/h5-12,17-18,25H,4H2,1-3H3,(H,22,23). The van der Waals surface area contributed by atoms with Crippen molar-refractivity contribution in [3.05, 3.63) is 70.3 Å². The SMILES string of the molecule is CCC1C(Nc2ccc(C)c(C)c2)=NC=CC1c1ccc(O)c(N=O)c1. The summed E-state index contributed by atoms with van der Waals surface area (Å²) in [6.07, 6.45) is 4.71. The Morgan fingerprint density at radius 1 is 1.15 bits per heavy atom. The smallest absolute Gasteiger partial charge is 0.149 e. The van der Waals surface area contributed by atoms with Crippen molar-refractivity contribution in [3.63, 3.8) is 0 Å². The van der Waals surface area contributed by atoms with Gasteiger partial charge in [-0.25, -0.2) is 4.99 Å². The van der Waals surface area contributed by atoms with Gasteiger partial charge in [0, 0.05) is 23.7 Å². The summed E-state index contributed by atoms with van der Waals surface area (Å²) in [6, 6.07) is 11.3. The lowest BCUT2D eigenvalue weighted by Crippen LogP contribution is -2.29. The van der Waals surface area contributed by atoms with Gasteiger partial charge in [0.1, 0.15) is 17.3 Å². The zero-order valence-corrected chi connectivity index (χ0v) is 15.2. The van der Waals surface area contributed by atoms with Gasteiger partial charge in [0.05, 0.1) is 0 Å². The number of rotatable bonds is 4. The maximum Gasteiger partial charge on any atom is 0.149 e. The Hall–Kier alpha value is -2.95. The fraction of sp³-hybridized carbons (Fsp3) is 0.286. The van der Waals surface area contributed by atoms with Crippen LogP contribution in [0.4, 0.5) is 11.4 Å². The van der Waals surface area contributed by atoms with Gasteiger partial charge >= 0.3 is 0 Å². The first-order chi connectivity index (χ1) is 12.5. The van der Waals surface area contributed by atoms with Crippen LogP contribution in [0.15, 0.2) is 58.8 Å². The van der Waals surface area contributed by atoms with Crippen molar-refractivity contribution in [2.45, 2.75) is 33.1 Å². The fourth-order valence-corrected chi connectivity index (χ4v) is 3.32. The number of nitrogens with one attached hydrogen (secondary N) is 1. The van der Waals surface area contributed by atoms with Crippen molar-refractivity contribution in [2.75, 3.05) is 5.32 Å². The van der Waals surface area contributed by atoms with E-state index in [1.165, 1.54) is 17.2 Å². The van der Waals surface area contributed by atoms with Crippen LogP contribution >= 0.6 is 0 Å². The quantitative estimate of drug-likeness (QED) is 0.710. The van der Waals surface area contributed by atoms with E-state index in [0.717, 1.165) is 23.5 Å². The van der Waals surface area contributed by atoms with Gasteiger partial charge in [0.25, 0.3) is 0 Å². The van der Waals surface area contributed by atoms with E-state index in [9.17, 15) is 10.0 Å². The molecule has 2 atom stereocenters. The number of phenolic OH excluding ortho intramolecular Hbond substituents is 1. The molecule has 2 unspecified atom stereocenters. The van der Waals surface area contributed by atoms with E-state index in [4.69, 9.17) is 0 Å². The number of aryl methyl sites for hydroxylation is 2. The number of nitrogens with zero attached hydrogens (tertiary/aromatic N) is 2. The molecule has 26 heavy (non-hydrogen) atoms. The Morgan fingerprint density at radius 2 is 1.96 bits per heavy atom. The Kier molecular flexibility index (Phi) is 5.16. The van der Waals surface area contributed by atoms with Crippen molar-refractivity contribution >= 4 is 17.2 Å². The largest absolute Gasteiger partial charge is 0.506 e. The molecule has 3 rings (SSSR count). The van der Waals surface area contributed by atoms with Gasteiger partial charge < -0.3 is 10.4 Å². The van der Waals surface area contributed by atoms with Crippen molar-refractivity contribution in [1.82, 2.24) is 0 Å². The molecule has 0 aliphatic carbocycles. The van der Waals surface area contributed by atoms with E-state index in [1.807, 2.05) is 12.1 Å². The highest BCUT2D eigenvalue weighted by atomic mass is 16.3. The summed E-state index contributed by atoms with van der Waals surface area (Å²) in [7, 11) is 0. The molecule has 0 bridgehead atoms. The third-order valence-electron chi connectivity index (χ3n) is 4.99. The number of aromatic hydroxyl groups is 1. The van der Waals surface area contributed by atoms with E-state index >= 15 is 0 Å². The molecular formula is C21H23N3O2. The molecule has 5 heteroatoms. The second-order valence-corrected chi connectivity index (χ2v) is 6.66. The van der Waals surface area contributed by atoms with Gasteiger partial charge in [0.2, 0.25) is 0 Å². The summed E-state index contributed by atoms with van der Waals surface area (Å²) in [6.45, 7) is 6.30. The molecule has 2 aromatic carbocycles. The number of anilines is 1. The van der Waals surface area contributed by atoms with Gasteiger partial charge in [-0.15, -0.1) is 4.91 Å². The van der Waals surface area contributed by atoms with Gasteiger partial charge in [-0.05, 0) is 66.4 Å². The minimum absolute atomic E-state index is 0.0626. The first kappa shape index (κ1) is 17.9. The first-order valence-corrected chi connectivity index (χ1v) is 8.78. The molecular weight excluding hydrogens is 326 g/mol. The number of hydrogen-bond acceptors (Lipinski definition) is 5. The number of nitroso groups, excluding NO2 is 1. The molecule has 134 valence electrons. The Morgan fingerprint density at radius 3 is 2.65 bits per heavy atom. The van der Waals surface area contributed by atoms with E-state index in [2.05, 4.69) is 54.5 Å². The van der Waals surface area contributed by atoms with Gasteiger partial charge in [-0.3, -0.25) is 0 Å². The minimum atomic E-state index is -0.0984. The summed E-state index contributed by atoms with van der Waals surface area (Å²) in [5, 5.41) is 16.1. The highest BCUT2D eigenvalue weighted by Crippen LogP contribution is 2.37. The highest BCUT2D eigenvalue weighted by Gasteiger charge is 2.27. The van der Waals surface area contributed by atoms with Crippen molar-refractivity contribution in [2.24, 2.45) is 16.1 Å². The van der Waals surface area contributed by atoms with E-state index in [1.54, 1.807) is 12.3 Å². The normalized spacial score (nSPS) is 19.1. The van der Waals surface area contributed by atoms with Crippen molar-refractivity contribution in [3.8, 4) is 5.75 Å². The average molecular weight is 349 g/mol. The lowest BCUT2D eigenvalue weighted by atomic mass is 9.82. The summed E-state index contributed by atoms with van der Waals surface area (Å²) in [5.74, 6) is 1.01. The molecule has 0 fully saturated rings. The summed E-state index contributed by atoms with van der Waals surface area (Å²) >= 11 is 0. The molecule has 5 nitrogen and oxygen atoms in total. The number of hydrogen-bond donors (Lipinski definition) is 2. The van der Waals surface area contributed by atoms with Crippen LogP contribution in [0.3, 0.4) is 0 Å². The van der Waals surface area contributed by atoms with Crippen LogP contribution in [0, 0.1) is 24.7 Å². The van der Waals surface area contributed by atoms with Crippen LogP contribution in [0.2, 0.25) is 0 Å². The zero-order chi connectivity index (χ0) is 18.7. The van der Waals surface area contributed by atoms with Crippen molar-refractivity contribution in [1.29, 1.82) is 0 Å². The van der Waals surface area contributed by atoms with Crippen LogP contribution in [0.25, 0.3) is 0 Å². The number of amidine groups is 1. The zero-order valence-electron chi connectivity index (χ0n) is 15.2. The van der Waals surface area contributed by atoms with Gasteiger partial charge in [-0.2, -0.15) is 0 Å². The summed E-state index contributed by atoms with van der Waals surface area (Å²) < 4.78 is 0. The van der Waals surface area contributed by atoms with Crippen LogP contribution in [-0.4, -0.2) is 10.9 Å². The van der Waals surface area contributed by atoms with Crippen LogP contribution < -0.4 is 5.32 Å². The second kappa shape index (κ2) is 7.52. The van der Waals surface area contributed by atoms with Gasteiger partial charge in [0.15, 0.2) is 0 Å². The van der Waals surface area contributed by atoms with E-state index in [0.29, 0.717) is 0 Å². The molecule has 0 saturated heterocycles. The van der Waals surface area contributed by atoms with E-state index < -0.39 is 0 Å². The third-order valence-corrected chi connectivity index (χ3v) is 4.99. The molecule has 0 aromatic heterocycles. The maximum atomic E-state index is 10.9. The molecule has 1 heterocycles.